The van der Waals surface area contributed by atoms with Crippen molar-refractivity contribution in [2.45, 2.75) is 32.4 Å². The SMILES string of the molecule is C=C1c2cccc(O)c2CN1C(CCC=O)C(C)=O. The second kappa shape index (κ2) is 5.26. The molecule has 2 rings (SSSR count). The van der Waals surface area contributed by atoms with Crippen LogP contribution < -0.4 is 0 Å². The van der Waals surface area contributed by atoms with Crippen LogP contribution in [0.5, 0.6) is 5.75 Å². The Hall–Kier alpha value is -2.10. The minimum absolute atomic E-state index is 0.00953. The molecule has 100 valence electrons. The molecule has 1 aromatic rings. The van der Waals surface area contributed by atoms with E-state index in [4.69, 9.17) is 0 Å². The minimum atomic E-state index is -0.357. The molecule has 0 radical (unpaired) electrons. The van der Waals surface area contributed by atoms with Crippen LogP contribution in [-0.4, -0.2) is 28.1 Å². The molecule has 1 heterocycles. The van der Waals surface area contributed by atoms with E-state index in [1.807, 2.05) is 11.0 Å². The third-order valence-electron chi connectivity index (χ3n) is 3.54. The summed E-state index contributed by atoms with van der Waals surface area (Å²) in [5.74, 6) is 0.231. The van der Waals surface area contributed by atoms with Crippen molar-refractivity contribution in [1.29, 1.82) is 0 Å². The Morgan fingerprint density at radius 1 is 1.58 bits per heavy atom. The van der Waals surface area contributed by atoms with Gasteiger partial charge >= 0.3 is 0 Å². The van der Waals surface area contributed by atoms with Crippen LogP contribution in [0.15, 0.2) is 24.8 Å². The number of hydrogen-bond acceptors (Lipinski definition) is 4. The summed E-state index contributed by atoms with van der Waals surface area (Å²) >= 11 is 0. The molecule has 0 saturated heterocycles. The number of phenolic OH excluding ortho intramolecular Hbond substituents is 1. The number of aromatic hydroxyl groups is 1. The van der Waals surface area contributed by atoms with Gasteiger partial charge in [0.05, 0.1) is 6.04 Å². The Balaban J connectivity index is 2.28. The zero-order valence-corrected chi connectivity index (χ0v) is 10.9. The molecule has 1 unspecified atom stereocenters. The first-order chi connectivity index (χ1) is 9.06. The van der Waals surface area contributed by atoms with Crippen LogP contribution in [0.1, 0.15) is 30.9 Å². The lowest BCUT2D eigenvalue weighted by Crippen LogP contribution is -2.35. The zero-order chi connectivity index (χ0) is 14.0. The van der Waals surface area contributed by atoms with Gasteiger partial charge in [-0.3, -0.25) is 4.79 Å². The molecule has 0 aromatic heterocycles. The lowest BCUT2D eigenvalue weighted by atomic mass is 10.1. The van der Waals surface area contributed by atoms with E-state index in [0.29, 0.717) is 19.4 Å². The van der Waals surface area contributed by atoms with E-state index in [0.717, 1.165) is 23.1 Å². The fraction of sp³-hybridized carbons (Fsp3) is 0.333. The van der Waals surface area contributed by atoms with Crippen LogP contribution in [-0.2, 0) is 16.1 Å². The van der Waals surface area contributed by atoms with Gasteiger partial charge in [-0.2, -0.15) is 0 Å². The summed E-state index contributed by atoms with van der Waals surface area (Å²) in [7, 11) is 0. The maximum Gasteiger partial charge on any atom is 0.152 e. The fourth-order valence-corrected chi connectivity index (χ4v) is 2.53. The molecule has 0 bridgehead atoms. The van der Waals surface area contributed by atoms with E-state index in [9.17, 15) is 14.7 Å². The Bertz CT molecular complexity index is 536. The van der Waals surface area contributed by atoms with E-state index in [1.54, 1.807) is 12.1 Å². The molecule has 1 aromatic carbocycles. The van der Waals surface area contributed by atoms with Gasteiger partial charge in [0, 0.05) is 29.8 Å². The number of aldehydes is 1. The molecule has 1 atom stereocenters. The van der Waals surface area contributed by atoms with E-state index in [-0.39, 0.29) is 17.6 Å². The summed E-state index contributed by atoms with van der Waals surface area (Å²) in [6.45, 7) is 5.99. The maximum absolute atomic E-state index is 11.8. The Labute approximate surface area is 112 Å². The molecule has 0 aliphatic carbocycles. The lowest BCUT2D eigenvalue weighted by Gasteiger charge is -2.28. The number of benzene rings is 1. The summed E-state index contributed by atoms with van der Waals surface area (Å²) in [5.41, 5.74) is 2.40. The topological polar surface area (TPSA) is 57.6 Å². The van der Waals surface area contributed by atoms with Crippen LogP contribution >= 0.6 is 0 Å². The molecule has 4 heteroatoms. The number of ketones is 1. The van der Waals surface area contributed by atoms with Crippen LogP contribution in [0.3, 0.4) is 0 Å². The molecule has 0 fully saturated rings. The van der Waals surface area contributed by atoms with Gasteiger partial charge in [-0.05, 0) is 19.4 Å². The summed E-state index contributed by atoms with van der Waals surface area (Å²) in [4.78, 5) is 24.1. The zero-order valence-electron chi connectivity index (χ0n) is 10.9. The van der Waals surface area contributed by atoms with Crippen LogP contribution in [0.2, 0.25) is 0 Å². The third kappa shape index (κ3) is 2.38. The summed E-state index contributed by atoms with van der Waals surface area (Å²) < 4.78 is 0. The maximum atomic E-state index is 11.8. The molecule has 0 amide bonds. The number of carbonyl (C=O) groups excluding carboxylic acids is 2. The third-order valence-corrected chi connectivity index (χ3v) is 3.54. The highest BCUT2D eigenvalue weighted by Gasteiger charge is 2.31. The standard InChI is InChI=1S/C15H17NO3/c1-10-12-5-3-7-15(19)13(12)9-16(10)14(11(2)18)6-4-8-17/h3,5,7-8,14,19H,1,4,6,9H2,2H3. The van der Waals surface area contributed by atoms with Crippen LogP contribution in [0.25, 0.3) is 5.70 Å². The molecular weight excluding hydrogens is 242 g/mol. The number of fused-ring (bicyclic) bond motifs is 1. The average Bonchev–Trinajstić information content (AvgIpc) is 2.69. The van der Waals surface area contributed by atoms with Crippen molar-refractivity contribution >= 4 is 17.8 Å². The Morgan fingerprint density at radius 2 is 2.32 bits per heavy atom. The molecule has 1 aliphatic rings. The first-order valence-electron chi connectivity index (χ1n) is 6.27. The molecule has 19 heavy (non-hydrogen) atoms. The van der Waals surface area contributed by atoms with Gasteiger partial charge in [-0.15, -0.1) is 0 Å². The van der Waals surface area contributed by atoms with Crippen LogP contribution in [0, 0.1) is 0 Å². The number of carbonyl (C=O) groups is 2. The highest BCUT2D eigenvalue weighted by Crippen LogP contribution is 2.38. The van der Waals surface area contributed by atoms with E-state index in [2.05, 4.69) is 6.58 Å². The first-order valence-corrected chi connectivity index (χ1v) is 6.27. The second-order valence-electron chi connectivity index (χ2n) is 4.75. The van der Waals surface area contributed by atoms with Gasteiger partial charge in [0.15, 0.2) is 5.78 Å². The van der Waals surface area contributed by atoms with Gasteiger partial charge in [0.25, 0.3) is 0 Å². The van der Waals surface area contributed by atoms with E-state index in [1.165, 1.54) is 6.92 Å². The van der Waals surface area contributed by atoms with Crippen molar-refractivity contribution in [3.05, 3.63) is 35.9 Å². The van der Waals surface area contributed by atoms with Gasteiger partial charge in [-0.25, -0.2) is 0 Å². The summed E-state index contributed by atoms with van der Waals surface area (Å²) in [6.07, 6.45) is 1.64. The van der Waals surface area contributed by atoms with Crippen molar-refractivity contribution in [1.82, 2.24) is 4.90 Å². The number of phenols is 1. The normalized spacial score (nSPS) is 15.2. The second-order valence-corrected chi connectivity index (χ2v) is 4.75. The van der Waals surface area contributed by atoms with Gasteiger partial charge in [-0.1, -0.05) is 18.7 Å². The highest BCUT2D eigenvalue weighted by molar-refractivity contribution is 5.85. The average molecular weight is 259 g/mol. The molecule has 0 saturated carbocycles. The summed E-state index contributed by atoms with van der Waals surface area (Å²) in [5, 5.41) is 9.85. The van der Waals surface area contributed by atoms with Gasteiger partial charge in [0.1, 0.15) is 12.0 Å². The van der Waals surface area contributed by atoms with Crippen molar-refractivity contribution in [3.63, 3.8) is 0 Å². The number of Topliss-reactive ketones (excluding diaryl/α,β-unsaturated/α-hetero) is 1. The molecule has 1 aliphatic heterocycles. The van der Waals surface area contributed by atoms with E-state index < -0.39 is 0 Å². The first kappa shape index (κ1) is 13.3. The van der Waals surface area contributed by atoms with Crippen molar-refractivity contribution in [2.75, 3.05) is 0 Å². The number of rotatable bonds is 5. The smallest absolute Gasteiger partial charge is 0.152 e. The summed E-state index contributed by atoms with van der Waals surface area (Å²) in [6, 6.07) is 4.92. The molecular formula is C15H17NO3. The van der Waals surface area contributed by atoms with Crippen molar-refractivity contribution in [2.24, 2.45) is 0 Å². The van der Waals surface area contributed by atoms with E-state index >= 15 is 0 Å². The van der Waals surface area contributed by atoms with Crippen molar-refractivity contribution < 1.29 is 14.7 Å². The largest absolute Gasteiger partial charge is 0.508 e. The Morgan fingerprint density at radius 3 is 2.89 bits per heavy atom. The highest BCUT2D eigenvalue weighted by atomic mass is 16.3. The molecule has 4 nitrogen and oxygen atoms in total. The van der Waals surface area contributed by atoms with Gasteiger partial charge < -0.3 is 14.8 Å². The predicted octanol–water partition coefficient (Wildman–Crippen LogP) is 2.12. The number of hydrogen-bond donors (Lipinski definition) is 1. The monoisotopic (exact) mass is 259 g/mol. The molecule has 1 N–H and O–H groups in total. The molecule has 0 spiro atoms. The number of nitrogens with zero attached hydrogens (tertiary/aromatic N) is 1. The fourth-order valence-electron chi connectivity index (χ4n) is 2.53. The van der Waals surface area contributed by atoms with Gasteiger partial charge in [0.2, 0.25) is 0 Å². The Kier molecular flexibility index (Phi) is 3.69. The minimum Gasteiger partial charge on any atom is -0.508 e. The lowest BCUT2D eigenvalue weighted by molar-refractivity contribution is -0.121. The van der Waals surface area contributed by atoms with Crippen LogP contribution in [0.4, 0.5) is 0 Å². The quantitative estimate of drug-likeness (QED) is 0.823. The van der Waals surface area contributed by atoms with Crippen molar-refractivity contribution in [3.8, 4) is 5.75 Å². The predicted molar refractivity (Wildman–Crippen MR) is 72.5 cm³/mol.